The average molecular weight is 502 g/mol. The van der Waals surface area contributed by atoms with Crippen molar-refractivity contribution in [2.75, 3.05) is 26.9 Å². The van der Waals surface area contributed by atoms with Gasteiger partial charge in [0.25, 0.3) is 0 Å². The van der Waals surface area contributed by atoms with Crippen molar-refractivity contribution < 1.29 is 19.1 Å². The van der Waals surface area contributed by atoms with Gasteiger partial charge in [0.15, 0.2) is 0 Å². The second-order valence-corrected chi connectivity index (χ2v) is 8.42. The number of nitrogens with zero attached hydrogens (tertiary/aromatic N) is 4. The summed E-state index contributed by atoms with van der Waals surface area (Å²) < 4.78 is 12.4. The average Bonchev–Trinajstić information content (AvgIpc) is 3.33. The van der Waals surface area contributed by atoms with Crippen LogP contribution in [0.15, 0.2) is 78.9 Å². The lowest BCUT2D eigenvalue weighted by Crippen LogP contribution is -2.46. The van der Waals surface area contributed by atoms with Gasteiger partial charge in [-0.15, -0.1) is 5.10 Å². The third-order valence-corrected chi connectivity index (χ3v) is 5.94. The molecule has 3 aromatic carbocycles. The molecule has 1 aromatic heterocycles. The maximum absolute atomic E-state index is 13.7. The summed E-state index contributed by atoms with van der Waals surface area (Å²) in [7, 11) is 1.56. The smallest absolute Gasteiger partial charge is 0.247 e. The SMILES string of the molecule is CCOc1ccc(C(C(=O)NCc2ccccc2)N(CCOC)C(=O)Cn2nnc3ccccc32)cc1. The maximum Gasteiger partial charge on any atom is 0.247 e. The number of carbonyl (C=O) groups is 2. The van der Waals surface area contributed by atoms with Crippen molar-refractivity contribution in [3.63, 3.8) is 0 Å². The number of rotatable bonds is 12. The van der Waals surface area contributed by atoms with Crippen molar-refractivity contribution in [1.29, 1.82) is 0 Å². The summed E-state index contributed by atoms with van der Waals surface area (Å²) >= 11 is 0. The molecule has 0 fully saturated rings. The third-order valence-electron chi connectivity index (χ3n) is 5.94. The molecule has 0 bridgehead atoms. The molecular weight excluding hydrogens is 470 g/mol. The van der Waals surface area contributed by atoms with Crippen LogP contribution in [-0.4, -0.2) is 58.6 Å². The van der Waals surface area contributed by atoms with Crippen LogP contribution < -0.4 is 10.1 Å². The first-order valence-electron chi connectivity index (χ1n) is 12.2. The first-order valence-corrected chi connectivity index (χ1v) is 12.2. The summed E-state index contributed by atoms with van der Waals surface area (Å²) in [4.78, 5) is 28.9. The van der Waals surface area contributed by atoms with E-state index in [0.717, 1.165) is 11.1 Å². The Balaban J connectivity index is 1.64. The van der Waals surface area contributed by atoms with Crippen LogP contribution in [-0.2, 0) is 27.4 Å². The topological polar surface area (TPSA) is 98.6 Å². The zero-order chi connectivity index (χ0) is 26.0. The molecule has 9 nitrogen and oxygen atoms in total. The summed E-state index contributed by atoms with van der Waals surface area (Å²) in [5, 5.41) is 11.3. The second-order valence-electron chi connectivity index (χ2n) is 8.42. The largest absolute Gasteiger partial charge is 0.494 e. The zero-order valence-electron chi connectivity index (χ0n) is 21.0. The molecule has 4 aromatic rings. The highest BCUT2D eigenvalue weighted by molar-refractivity contribution is 5.89. The number of hydrogen-bond acceptors (Lipinski definition) is 6. The molecule has 192 valence electrons. The maximum atomic E-state index is 13.7. The highest BCUT2D eigenvalue weighted by Gasteiger charge is 2.31. The van der Waals surface area contributed by atoms with Crippen LogP contribution in [0.4, 0.5) is 0 Å². The van der Waals surface area contributed by atoms with Crippen molar-refractivity contribution in [3.8, 4) is 5.75 Å². The van der Waals surface area contributed by atoms with Crippen molar-refractivity contribution in [2.24, 2.45) is 0 Å². The molecule has 9 heteroatoms. The Morgan fingerprint density at radius 3 is 2.46 bits per heavy atom. The van der Waals surface area contributed by atoms with Crippen LogP contribution in [0.5, 0.6) is 5.75 Å². The van der Waals surface area contributed by atoms with Gasteiger partial charge in [-0.1, -0.05) is 59.8 Å². The summed E-state index contributed by atoms with van der Waals surface area (Å²) in [5.74, 6) is 0.126. The Bertz CT molecular complexity index is 1310. The molecular formula is C28H31N5O4. The van der Waals surface area contributed by atoms with Crippen LogP contribution in [0, 0.1) is 0 Å². The van der Waals surface area contributed by atoms with Gasteiger partial charge in [0.1, 0.15) is 23.9 Å². The number of methoxy groups -OCH3 is 1. The quantitative estimate of drug-likeness (QED) is 0.320. The van der Waals surface area contributed by atoms with Crippen molar-refractivity contribution in [3.05, 3.63) is 90.0 Å². The fourth-order valence-electron chi connectivity index (χ4n) is 4.11. The van der Waals surface area contributed by atoms with Crippen LogP contribution in [0.3, 0.4) is 0 Å². The summed E-state index contributed by atoms with van der Waals surface area (Å²) in [6.45, 7) is 3.20. The van der Waals surface area contributed by atoms with Gasteiger partial charge in [-0.3, -0.25) is 9.59 Å². The van der Waals surface area contributed by atoms with Gasteiger partial charge in [0.2, 0.25) is 11.8 Å². The fourth-order valence-corrected chi connectivity index (χ4v) is 4.11. The van der Waals surface area contributed by atoms with Gasteiger partial charge in [-0.05, 0) is 42.3 Å². The summed E-state index contributed by atoms with van der Waals surface area (Å²) in [6, 6.07) is 23.4. The van der Waals surface area contributed by atoms with Gasteiger partial charge in [0, 0.05) is 20.2 Å². The van der Waals surface area contributed by atoms with Crippen LogP contribution in [0.25, 0.3) is 11.0 Å². The van der Waals surface area contributed by atoms with Crippen molar-refractivity contribution in [2.45, 2.75) is 26.1 Å². The van der Waals surface area contributed by atoms with Gasteiger partial charge in [-0.25, -0.2) is 4.68 Å². The normalized spacial score (nSPS) is 11.7. The standard InChI is InChI=1S/C28H31N5O4/c1-3-37-23-15-13-22(14-16-23)27(28(35)29-19-21-9-5-4-6-10-21)32(17-18-36-2)26(34)20-33-25-12-8-7-11-24(25)30-31-33/h4-16,27H,3,17-20H2,1-2H3,(H,29,35). The molecule has 0 saturated carbocycles. The molecule has 0 aliphatic rings. The third kappa shape index (κ3) is 6.50. The van der Waals surface area contributed by atoms with Gasteiger partial charge in [-0.2, -0.15) is 0 Å². The first kappa shape index (κ1) is 25.8. The first-order chi connectivity index (χ1) is 18.1. The van der Waals surface area contributed by atoms with E-state index in [1.165, 1.54) is 4.90 Å². The predicted octanol–water partition coefficient (Wildman–Crippen LogP) is 3.36. The zero-order valence-corrected chi connectivity index (χ0v) is 21.0. The Morgan fingerprint density at radius 2 is 1.73 bits per heavy atom. The van der Waals surface area contributed by atoms with Crippen molar-refractivity contribution in [1.82, 2.24) is 25.2 Å². The second kappa shape index (κ2) is 12.6. The summed E-state index contributed by atoms with van der Waals surface area (Å²) in [5.41, 5.74) is 3.07. The lowest BCUT2D eigenvalue weighted by molar-refractivity contribution is -0.142. The number of para-hydroxylation sites is 1. The number of hydrogen-bond donors (Lipinski definition) is 1. The Hall–Kier alpha value is -4.24. The van der Waals surface area contributed by atoms with Gasteiger partial charge >= 0.3 is 0 Å². The van der Waals surface area contributed by atoms with Crippen LogP contribution >= 0.6 is 0 Å². The van der Waals surface area contributed by atoms with Crippen molar-refractivity contribution >= 4 is 22.8 Å². The lowest BCUT2D eigenvalue weighted by Gasteiger charge is -2.31. The molecule has 0 aliphatic heterocycles. The van der Waals surface area contributed by atoms with E-state index in [2.05, 4.69) is 15.6 Å². The molecule has 1 unspecified atom stereocenters. The number of carbonyl (C=O) groups excluding carboxylic acids is 2. The molecule has 1 N–H and O–H groups in total. The molecule has 0 radical (unpaired) electrons. The number of aromatic nitrogens is 3. The number of amides is 2. The minimum absolute atomic E-state index is 0.0658. The van der Waals surface area contributed by atoms with E-state index in [1.807, 2.05) is 73.7 Å². The Morgan fingerprint density at radius 1 is 1.00 bits per heavy atom. The van der Waals surface area contributed by atoms with E-state index in [-0.39, 0.29) is 31.5 Å². The highest BCUT2D eigenvalue weighted by atomic mass is 16.5. The fraction of sp³-hybridized carbons (Fsp3) is 0.286. The number of ether oxygens (including phenoxy) is 2. The number of benzene rings is 3. The van der Waals surface area contributed by atoms with E-state index >= 15 is 0 Å². The number of fused-ring (bicyclic) bond motifs is 1. The predicted molar refractivity (Wildman–Crippen MR) is 140 cm³/mol. The molecule has 2 amide bonds. The van der Waals surface area contributed by atoms with Crippen LogP contribution in [0.1, 0.15) is 24.1 Å². The monoisotopic (exact) mass is 501 g/mol. The van der Waals surface area contributed by atoms with E-state index < -0.39 is 6.04 Å². The Labute approximate surface area is 216 Å². The summed E-state index contributed by atoms with van der Waals surface area (Å²) in [6.07, 6.45) is 0. The van der Waals surface area contributed by atoms with E-state index in [0.29, 0.717) is 30.0 Å². The van der Waals surface area contributed by atoms with E-state index in [1.54, 1.807) is 23.9 Å². The molecule has 1 atom stereocenters. The minimum atomic E-state index is -0.878. The minimum Gasteiger partial charge on any atom is -0.494 e. The molecule has 0 spiro atoms. The molecule has 0 saturated heterocycles. The highest BCUT2D eigenvalue weighted by Crippen LogP contribution is 2.25. The number of nitrogens with one attached hydrogen (secondary N) is 1. The van der Waals surface area contributed by atoms with Crippen LogP contribution in [0.2, 0.25) is 0 Å². The van der Waals surface area contributed by atoms with E-state index in [4.69, 9.17) is 9.47 Å². The molecule has 37 heavy (non-hydrogen) atoms. The Kier molecular flexibility index (Phi) is 8.83. The lowest BCUT2D eigenvalue weighted by atomic mass is 10.0. The van der Waals surface area contributed by atoms with E-state index in [9.17, 15) is 9.59 Å². The van der Waals surface area contributed by atoms with Gasteiger partial charge in [0.05, 0.1) is 18.7 Å². The molecule has 1 heterocycles. The van der Waals surface area contributed by atoms with Gasteiger partial charge < -0.3 is 19.7 Å². The molecule has 4 rings (SSSR count). The molecule has 0 aliphatic carbocycles.